The molecule has 1 N–H and O–H groups in total. The van der Waals surface area contributed by atoms with Crippen LogP contribution >= 0.6 is 0 Å². The number of nitrogens with one attached hydrogen (secondary N) is 1. The highest BCUT2D eigenvalue weighted by Gasteiger charge is 2.28. The fourth-order valence-corrected chi connectivity index (χ4v) is 3.14. The molecule has 0 radical (unpaired) electrons. The number of carbonyl (C=O) groups is 2. The first kappa shape index (κ1) is 16.7. The molecule has 0 bridgehead atoms. The molecule has 22 heavy (non-hydrogen) atoms. The van der Waals surface area contributed by atoms with Gasteiger partial charge in [-0.05, 0) is 50.8 Å². The van der Waals surface area contributed by atoms with Gasteiger partial charge in [0.2, 0.25) is 5.91 Å². The molecule has 0 atom stereocenters. The summed E-state index contributed by atoms with van der Waals surface area (Å²) >= 11 is 0. The summed E-state index contributed by atoms with van der Waals surface area (Å²) in [6.07, 6.45) is 6.27. The maximum atomic E-state index is 12.2. The third kappa shape index (κ3) is 4.43. The summed E-state index contributed by atoms with van der Waals surface area (Å²) in [6, 6.07) is 5.73. The van der Waals surface area contributed by atoms with Gasteiger partial charge in [-0.3, -0.25) is 9.59 Å². The number of aryl methyl sites for hydroxylation is 2. The third-order valence-electron chi connectivity index (χ3n) is 4.81. The van der Waals surface area contributed by atoms with Crippen LogP contribution < -0.4 is 5.32 Å². The van der Waals surface area contributed by atoms with E-state index in [0.29, 0.717) is 5.56 Å². The summed E-state index contributed by atoms with van der Waals surface area (Å²) < 4.78 is 0. The van der Waals surface area contributed by atoms with Crippen LogP contribution in [0.2, 0.25) is 0 Å². The molecule has 0 spiro atoms. The molecule has 1 aromatic rings. The SMILES string of the molecule is Cc1ccc(C(=O)CCC(=O)NC2(C)CCCCC2)cc1C. The van der Waals surface area contributed by atoms with Gasteiger partial charge >= 0.3 is 0 Å². The molecule has 1 aromatic carbocycles. The van der Waals surface area contributed by atoms with Crippen LogP contribution in [-0.2, 0) is 4.79 Å². The van der Waals surface area contributed by atoms with E-state index in [1.54, 1.807) is 0 Å². The Morgan fingerprint density at radius 2 is 1.73 bits per heavy atom. The molecule has 3 nitrogen and oxygen atoms in total. The number of hydrogen-bond donors (Lipinski definition) is 1. The van der Waals surface area contributed by atoms with E-state index in [0.717, 1.165) is 18.4 Å². The van der Waals surface area contributed by atoms with E-state index in [1.807, 2.05) is 32.0 Å². The van der Waals surface area contributed by atoms with Gasteiger partial charge in [-0.1, -0.05) is 31.4 Å². The average Bonchev–Trinajstić information content (AvgIpc) is 2.48. The lowest BCUT2D eigenvalue weighted by molar-refractivity contribution is -0.123. The van der Waals surface area contributed by atoms with E-state index in [1.165, 1.54) is 24.8 Å². The zero-order valence-corrected chi connectivity index (χ0v) is 14.0. The van der Waals surface area contributed by atoms with Crippen LogP contribution in [0.1, 0.15) is 73.4 Å². The van der Waals surface area contributed by atoms with Gasteiger partial charge in [0.25, 0.3) is 0 Å². The molecule has 120 valence electrons. The quantitative estimate of drug-likeness (QED) is 0.832. The molecule has 3 heteroatoms. The van der Waals surface area contributed by atoms with Gasteiger partial charge in [0, 0.05) is 23.9 Å². The Balaban J connectivity index is 1.85. The Morgan fingerprint density at radius 1 is 1.05 bits per heavy atom. The zero-order chi connectivity index (χ0) is 16.2. The maximum Gasteiger partial charge on any atom is 0.220 e. The maximum absolute atomic E-state index is 12.2. The monoisotopic (exact) mass is 301 g/mol. The van der Waals surface area contributed by atoms with Crippen molar-refractivity contribution in [3.63, 3.8) is 0 Å². The molecular weight excluding hydrogens is 274 g/mol. The molecule has 1 aliphatic rings. The summed E-state index contributed by atoms with van der Waals surface area (Å²) in [5, 5.41) is 3.13. The second kappa shape index (κ2) is 7.08. The predicted molar refractivity (Wildman–Crippen MR) is 89.1 cm³/mol. The molecular formula is C19H27NO2. The molecule has 0 saturated heterocycles. The number of carbonyl (C=O) groups excluding carboxylic acids is 2. The van der Waals surface area contributed by atoms with Gasteiger partial charge < -0.3 is 5.32 Å². The number of benzene rings is 1. The van der Waals surface area contributed by atoms with E-state index >= 15 is 0 Å². The van der Waals surface area contributed by atoms with Crippen LogP contribution in [0.3, 0.4) is 0 Å². The van der Waals surface area contributed by atoms with Crippen LogP contribution in [0.4, 0.5) is 0 Å². The van der Waals surface area contributed by atoms with Gasteiger partial charge in [-0.2, -0.15) is 0 Å². The molecule has 0 aliphatic heterocycles. The third-order valence-corrected chi connectivity index (χ3v) is 4.81. The molecule has 2 rings (SSSR count). The first-order valence-electron chi connectivity index (χ1n) is 8.31. The Labute approximate surface area is 133 Å². The largest absolute Gasteiger partial charge is 0.351 e. The summed E-state index contributed by atoms with van der Waals surface area (Å²) in [4.78, 5) is 24.3. The van der Waals surface area contributed by atoms with Gasteiger partial charge in [-0.25, -0.2) is 0 Å². The van der Waals surface area contributed by atoms with Crippen molar-refractivity contribution in [1.29, 1.82) is 0 Å². The van der Waals surface area contributed by atoms with E-state index < -0.39 is 0 Å². The lowest BCUT2D eigenvalue weighted by Crippen LogP contribution is -2.47. The van der Waals surface area contributed by atoms with E-state index in [-0.39, 0.29) is 30.1 Å². The number of rotatable bonds is 5. The number of amides is 1. The van der Waals surface area contributed by atoms with Crippen molar-refractivity contribution in [3.05, 3.63) is 34.9 Å². The van der Waals surface area contributed by atoms with Gasteiger partial charge in [0.05, 0.1) is 0 Å². The van der Waals surface area contributed by atoms with Gasteiger partial charge in [0.15, 0.2) is 5.78 Å². The summed E-state index contributed by atoms with van der Waals surface area (Å²) in [6.45, 7) is 6.15. The minimum atomic E-state index is -0.0706. The van der Waals surface area contributed by atoms with Crippen LogP contribution in [0.5, 0.6) is 0 Å². The smallest absolute Gasteiger partial charge is 0.220 e. The van der Waals surface area contributed by atoms with Crippen molar-refractivity contribution >= 4 is 11.7 Å². The fraction of sp³-hybridized carbons (Fsp3) is 0.579. The molecule has 1 saturated carbocycles. The van der Waals surface area contributed by atoms with Crippen LogP contribution in [-0.4, -0.2) is 17.2 Å². The Hall–Kier alpha value is -1.64. The fourth-order valence-electron chi connectivity index (χ4n) is 3.14. The van der Waals surface area contributed by atoms with Crippen molar-refractivity contribution in [2.75, 3.05) is 0 Å². The number of hydrogen-bond acceptors (Lipinski definition) is 2. The van der Waals surface area contributed by atoms with Gasteiger partial charge in [-0.15, -0.1) is 0 Å². The molecule has 1 aliphatic carbocycles. The second-order valence-corrected chi connectivity index (χ2v) is 6.89. The van der Waals surface area contributed by atoms with Crippen LogP contribution in [0.15, 0.2) is 18.2 Å². The second-order valence-electron chi connectivity index (χ2n) is 6.89. The minimum Gasteiger partial charge on any atom is -0.351 e. The van der Waals surface area contributed by atoms with Crippen LogP contribution in [0.25, 0.3) is 0 Å². The highest BCUT2D eigenvalue weighted by Crippen LogP contribution is 2.27. The zero-order valence-electron chi connectivity index (χ0n) is 14.0. The van der Waals surface area contributed by atoms with Crippen molar-refractivity contribution in [2.24, 2.45) is 0 Å². The highest BCUT2D eigenvalue weighted by molar-refractivity contribution is 5.98. The minimum absolute atomic E-state index is 0.00147. The normalized spacial score (nSPS) is 17.0. The summed E-state index contributed by atoms with van der Waals surface area (Å²) in [5.41, 5.74) is 2.93. The Morgan fingerprint density at radius 3 is 2.36 bits per heavy atom. The number of Topliss-reactive ketones (excluding diaryl/α,β-unsaturated/α-hetero) is 1. The van der Waals surface area contributed by atoms with E-state index in [9.17, 15) is 9.59 Å². The lowest BCUT2D eigenvalue weighted by Gasteiger charge is -2.34. The van der Waals surface area contributed by atoms with Crippen molar-refractivity contribution in [1.82, 2.24) is 5.32 Å². The van der Waals surface area contributed by atoms with Gasteiger partial charge in [0.1, 0.15) is 0 Å². The lowest BCUT2D eigenvalue weighted by atomic mass is 9.83. The summed E-state index contributed by atoms with van der Waals surface area (Å²) in [5.74, 6) is 0.0497. The molecule has 1 amide bonds. The van der Waals surface area contributed by atoms with Crippen LogP contribution in [0, 0.1) is 13.8 Å². The molecule has 0 aromatic heterocycles. The summed E-state index contributed by atoms with van der Waals surface area (Å²) in [7, 11) is 0. The average molecular weight is 301 g/mol. The molecule has 0 heterocycles. The molecule has 0 unspecified atom stereocenters. The predicted octanol–water partition coefficient (Wildman–Crippen LogP) is 4.11. The highest BCUT2D eigenvalue weighted by atomic mass is 16.2. The van der Waals surface area contributed by atoms with Crippen molar-refractivity contribution in [3.8, 4) is 0 Å². The standard InChI is InChI=1S/C19H27NO2/c1-14-7-8-16(13-15(14)2)17(21)9-10-18(22)20-19(3)11-5-4-6-12-19/h7-8,13H,4-6,9-12H2,1-3H3,(H,20,22). The van der Waals surface area contributed by atoms with E-state index in [2.05, 4.69) is 12.2 Å². The van der Waals surface area contributed by atoms with E-state index in [4.69, 9.17) is 0 Å². The van der Waals surface area contributed by atoms with Crippen molar-refractivity contribution in [2.45, 2.75) is 71.3 Å². The first-order valence-corrected chi connectivity index (χ1v) is 8.31. The Kier molecular flexibility index (Phi) is 5.38. The van der Waals surface area contributed by atoms with Crippen molar-refractivity contribution < 1.29 is 9.59 Å². The topological polar surface area (TPSA) is 46.2 Å². The Bertz CT molecular complexity index is 557. The first-order chi connectivity index (χ1) is 10.4. The molecule has 1 fully saturated rings. The number of ketones is 1.